The third kappa shape index (κ3) is 3.60. The highest BCUT2D eigenvalue weighted by molar-refractivity contribution is 6.04. The summed E-state index contributed by atoms with van der Waals surface area (Å²) in [6, 6.07) is 20.6. The van der Waals surface area contributed by atoms with Crippen LogP contribution in [0, 0.1) is 5.82 Å². The molecule has 0 atom stereocenters. The number of hydrogen-bond acceptors (Lipinski definition) is 5. The molecule has 6 nitrogen and oxygen atoms in total. The molecule has 0 aliphatic carbocycles. The third-order valence-electron chi connectivity index (χ3n) is 4.51. The highest BCUT2D eigenvalue weighted by Crippen LogP contribution is 2.16. The first-order valence-electron chi connectivity index (χ1n) is 9.08. The Morgan fingerprint density at radius 1 is 0.867 bits per heavy atom. The van der Waals surface area contributed by atoms with Crippen molar-refractivity contribution in [2.24, 2.45) is 0 Å². The monoisotopic (exact) mass is 402 g/mol. The van der Waals surface area contributed by atoms with Crippen molar-refractivity contribution in [1.29, 1.82) is 0 Å². The first-order valence-corrected chi connectivity index (χ1v) is 9.08. The Kier molecular flexibility index (Phi) is 5.17. The second-order valence-corrected chi connectivity index (χ2v) is 6.43. The minimum absolute atomic E-state index is 0.115. The molecule has 0 radical (unpaired) electrons. The zero-order chi connectivity index (χ0) is 21.1. The fraction of sp³-hybridized carbons (Fsp3) is 0.0435. The van der Waals surface area contributed by atoms with Gasteiger partial charge in [0.2, 0.25) is 5.78 Å². The predicted octanol–water partition coefficient (Wildman–Crippen LogP) is 3.56. The molecule has 0 saturated heterocycles. The molecule has 0 fully saturated rings. The van der Waals surface area contributed by atoms with Gasteiger partial charge in [0.25, 0.3) is 5.56 Å². The molecule has 3 aromatic carbocycles. The lowest BCUT2D eigenvalue weighted by atomic mass is 10.1. The van der Waals surface area contributed by atoms with Crippen LogP contribution in [0.3, 0.4) is 0 Å². The first kappa shape index (κ1) is 19.2. The summed E-state index contributed by atoms with van der Waals surface area (Å²) in [4.78, 5) is 37.8. The van der Waals surface area contributed by atoms with Crippen LogP contribution in [0.25, 0.3) is 16.5 Å². The van der Waals surface area contributed by atoms with Gasteiger partial charge in [-0.2, -0.15) is 9.78 Å². The fourth-order valence-electron chi connectivity index (χ4n) is 3.05. The number of ether oxygens (including phenoxy) is 1. The van der Waals surface area contributed by atoms with Crippen molar-refractivity contribution < 1.29 is 18.7 Å². The van der Waals surface area contributed by atoms with Crippen molar-refractivity contribution in [2.75, 3.05) is 6.61 Å². The zero-order valence-electron chi connectivity index (χ0n) is 15.6. The van der Waals surface area contributed by atoms with Gasteiger partial charge in [-0.25, -0.2) is 9.18 Å². The molecule has 0 unspecified atom stereocenters. The summed E-state index contributed by atoms with van der Waals surface area (Å²) in [5, 5.41) is 4.77. The minimum Gasteiger partial charge on any atom is -0.452 e. The molecule has 0 bridgehead atoms. The van der Waals surface area contributed by atoms with Crippen molar-refractivity contribution >= 4 is 22.5 Å². The van der Waals surface area contributed by atoms with E-state index in [9.17, 15) is 18.8 Å². The first-order chi connectivity index (χ1) is 14.6. The lowest BCUT2D eigenvalue weighted by molar-refractivity contribution is 0.0468. The van der Waals surface area contributed by atoms with Gasteiger partial charge >= 0.3 is 5.97 Å². The number of esters is 1. The molecule has 148 valence electrons. The van der Waals surface area contributed by atoms with Gasteiger partial charge < -0.3 is 4.74 Å². The number of fused-ring (bicyclic) bond motifs is 1. The molecule has 0 aliphatic rings. The summed E-state index contributed by atoms with van der Waals surface area (Å²) in [7, 11) is 0. The van der Waals surface area contributed by atoms with E-state index in [2.05, 4.69) is 5.10 Å². The number of carbonyl (C=O) groups is 2. The van der Waals surface area contributed by atoms with Gasteiger partial charge in [-0.15, -0.1) is 0 Å². The van der Waals surface area contributed by atoms with Crippen molar-refractivity contribution in [3.8, 4) is 5.69 Å². The smallest absolute Gasteiger partial charge is 0.359 e. The number of halogens is 1. The van der Waals surface area contributed by atoms with Crippen LogP contribution in [0.4, 0.5) is 4.39 Å². The van der Waals surface area contributed by atoms with E-state index in [-0.39, 0.29) is 16.6 Å². The van der Waals surface area contributed by atoms with E-state index in [1.165, 1.54) is 18.2 Å². The molecular weight excluding hydrogens is 387 g/mol. The maximum absolute atomic E-state index is 13.8. The van der Waals surface area contributed by atoms with E-state index >= 15 is 0 Å². The summed E-state index contributed by atoms with van der Waals surface area (Å²) >= 11 is 0. The van der Waals surface area contributed by atoms with E-state index in [0.29, 0.717) is 11.1 Å². The molecule has 0 spiro atoms. The molecule has 7 heteroatoms. The fourth-order valence-corrected chi connectivity index (χ4v) is 3.05. The summed E-state index contributed by atoms with van der Waals surface area (Å²) in [5.74, 6) is -2.26. The van der Waals surface area contributed by atoms with Crippen LogP contribution in [0.15, 0.2) is 83.7 Å². The van der Waals surface area contributed by atoms with Crippen LogP contribution >= 0.6 is 0 Å². The molecular formula is C23H15FN2O4. The van der Waals surface area contributed by atoms with Crippen LogP contribution in [0.5, 0.6) is 0 Å². The lowest BCUT2D eigenvalue weighted by Gasteiger charge is -2.11. The predicted molar refractivity (Wildman–Crippen MR) is 108 cm³/mol. The molecule has 30 heavy (non-hydrogen) atoms. The Balaban J connectivity index is 1.70. The molecule has 0 amide bonds. The van der Waals surface area contributed by atoms with E-state index in [1.54, 1.807) is 54.6 Å². The van der Waals surface area contributed by atoms with Crippen molar-refractivity contribution in [3.05, 3.63) is 106 Å². The van der Waals surface area contributed by atoms with E-state index in [1.807, 2.05) is 0 Å². The molecule has 0 N–H and O–H groups in total. The zero-order valence-corrected chi connectivity index (χ0v) is 15.6. The number of carbonyl (C=O) groups excluding carboxylic acids is 2. The van der Waals surface area contributed by atoms with Gasteiger partial charge in [0.05, 0.1) is 16.6 Å². The maximum Gasteiger partial charge on any atom is 0.359 e. The van der Waals surface area contributed by atoms with Gasteiger partial charge in [0, 0.05) is 5.39 Å². The summed E-state index contributed by atoms with van der Waals surface area (Å²) < 4.78 is 20.0. The number of ketones is 1. The van der Waals surface area contributed by atoms with Crippen LogP contribution < -0.4 is 5.56 Å². The largest absolute Gasteiger partial charge is 0.452 e. The maximum atomic E-state index is 13.8. The van der Waals surface area contributed by atoms with Crippen molar-refractivity contribution in [3.63, 3.8) is 0 Å². The Morgan fingerprint density at radius 2 is 1.50 bits per heavy atom. The second-order valence-electron chi connectivity index (χ2n) is 6.43. The van der Waals surface area contributed by atoms with E-state index in [4.69, 9.17) is 4.74 Å². The van der Waals surface area contributed by atoms with Gasteiger partial charge in [0.15, 0.2) is 12.3 Å². The van der Waals surface area contributed by atoms with Crippen LogP contribution in [-0.4, -0.2) is 28.1 Å². The highest BCUT2D eigenvalue weighted by Gasteiger charge is 2.20. The average Bonchev–Trinajstić information content (AvgIpc) is 2.78. The molecule has 4 rings (SSSR count). The van der Waals surface area contributed by atoms with Gasteiger partial charge in [-0.05, 0) is 30.3 Å². The number of hydrogen-bond donors (Lipinski definition) is 0. The van der Waals surface area contributed by atoms with Gasteiger partial charge in [-0.1, -0.05) is 48.5 Å². The Labute approximate surface area is 170 Å². The quantitative estimate of drug-likeness (QED) is 0.377. The average molecular weight is 402 g/mol. The van der Waals surface area contributed by atoms with Crippen molar-refractivity contribution in [2.45, 2.75) is 0 Å². The lowest BCUT2D eigenvalue weighted by Crippen LogP contribution is -2.26. The SMILES string of the molecule is O=C(COC(=O)c1nn(-c2ccccc2)c(=O)c2ccccc12)c1ccccc1F. The molecule has 4 aromatic rings. The topological polar surface area (TPSA) is 78.3 Å². The second kappa shape index (κ2) is 8.08. The van der Waals surface area contributed by atoms with E-state index in [0.717, 1.165) is 10.7 Å². The van der Waals surface area contributed by atoms with Crippen LogP contribution in [-0.2, 0) is 4.74 Å². The Hall–Kier alpha value is -4.13. The Bertz CT molecular complexity index is 1320. The summed E-state index contributed by atoms with van der Waals surface area (Å²) in [6.07, 6.45) is 0. The number of rotatable bonds is 5. The molecule has 1 aromatic heterocycles. The van der Waals surface area contributed by atoms with E-state index < -0.39 is 29.7 Å². The van der Waals surface area contributed by atoms with Crippen LogP contribution in [0.1, 0.15) is 20.8 Å². The number of para-hydroxylation sites is 1. The van der Waals surface area contributed by atoms with Crippen molar-refractivity contribution in [1.82, 2.24) is 9.78 Å². The summed E-state index contributed by atoms with van der Waals surface area (Å²) in [6.45, 7) is -0.653. The van der Waals surface area contributed by atoms with Gasteiger partial charge in [0.1, 0.15) is 5.82 Å². The Morgan fingerprint density at radius 3 is 2.23 bits per heavy atom. The minimum atomic E-state index is -0.888. The number of aromatic nitrogens is 2. The highest BCUT2D eigenvalue weighted by atomic mass is 19.1. The normalized spacial score (nSPS) is 10.7. The molecule has 0 saturated carbocycles. The number of Topliss-reactive ketones (excluding diaryl/α,β-unsaturated/α-hetero) is 1. The summed E-state index contributed by atoms with van der Waals surface area (Å²) in [5.41, 5.74) is -0.201. The molecule has 0 aliphatic heterocycles. The van der Waals surface area contributed by atoms with Crippen LogP contribution in [0.2, 0.25) is 0 Å². The third-order valence-corrected chi connectivity index (χ3v) is 4.51. The standard InChI is InChI=1S/C23H15FN2O4/c24-19-13-7-6-12-18(19)20(27)14-30-23(29)21-16-10-4-5-11-17(16)22(28)26(25-21)15-8-2-1-3-9-15/h1-13H,14H2. The number of benzene rings is 3. The molecule has 1 heterocycles. The number of nitrogens with zero attached hydrogens (tertiary/aromatic N) is 2. The van der Waals surface area contributed by atoms with Gasteiger partial charge in [-0.3, -0.25) is 9.59 Å².